The lowest BCUT2D eigenvalue weighted by molar-refractivity contribution is -0.142. The number of hydrogen-bond acceptors (Lipinski definition) is 3. The first-order chi connectivity index (χ1) is 8.26. The van der Waals surface area contributed by atoms with Crippen molar-refractivity contribution in [3.63, 3.8) is 0 Å². The second kappa shape index (κ2) is 7.96. The fraction of sp³-hybridized carbons (Fsp3) is 0.357. The highest BCUT2D eigenvalue weighted by atomic mass is 32.1. The van der Waals surface area contributed by atoms with Gasteiger partial charge in [0.15, 0.2) is 0 Å². The van der Waals surface area contributed by atoms with Gasteiger partial charge in [0.1, 0.15) is 0 Å². The van der Waals surface area contributed by atoms with Gasteiger partial charge in [-0.25, -0.2) is 0 Å². The van der Waals surface area contributed by atoms with Gasteiger partial charge in [-0.1, -0.05) is 36.4 Å². The van der Waals surface area contributed by atoms with Gasteiger partial charge in [-0.3, -0.25) is 4.79 Å². The first-order valence-electron chi connectivity index (χ1n) is 5.78. The minimum Gasteiger partial charge on any atom is -0.466 e. The maximum absolute atomic E-state index is 11.3. The predicted octanol–water partition coefficient (Wildman–Crippen LogP) is 3.13. The molecule has 0 atom stereocenters. The molecule has 0 saturated heterocycles. The van der Waals surface area contributed by atoms with E-state index < -0.39 is 0 Å². The van der Waals surface area contributed by atoms with Crippen LogP contribution in [-0.2, 0) is 16.0 Å². The molecule has 92 valence electrons. The van der Waals surface area contributed by atoms with Gasteiger partial charge in [-0.05, 0) is 30.2 Å². The van der Waals surface area contributed by atoms with E-state index in [2.05, 4.69) is 24.8 Å². The highest BCUT2D eigenvalue weighted by molar-refractivity contribution is 7.80. The van der Waals surface area contributed by atoms with E-state index in [0.29, 0.717) is 13.0 Å². The van der Waals surface area contributed by atoms with Crippen LogP contribution in [0.1, 0.15) is 24.5 Å². The van der Waals surface area contributed by atoms with E-state index in [4.69, 9.17) is 4.74 Å². The Morgan fingerprint density at radius 2 is 2.06 bits per heavy atom. The summed E-state index contributed by atoms with van der Waals surface area (Å²) < 4.78 is 4.89. The Bertz CT molecular complexity index is 368. The Morgan fingerprint density at radius 3 is 2.65 bits per heavy atom. The highest BCUT2D eigenvalue weighted by Crippen LogP contribution is 2.08. The van der Waals surface area contributed by atoms with Gasteiger partial charge in [-0.15, -0.1) is 0 Å². The number of rotatable bonds is 6. The number of ether oxygens (including phenoxy) is 1. The van der Waals surface area contributed by atoms with E-state index in [1.54, 1.807) is 0 Å². The fourth-order valence-electron chi connectivity index (χ4n) is 1.42. The summed E-state index contributed by atoms with van der Waals surface area (Å²) in [4.78, 5) is 11.3. The van der Waals surface area contributed by atoms with E-state index in [-0.39, 0.29) is 5.97 Å². The van der Waals surface area contributed by atoms with Crippen molar-refractivity contribution in [1.29, 1.82) is 0 Å². The van der Waals surface area contributed by atoms with Gasteiger partial charge >= 0.3 is 5.97 Å². The van der Waals surface area contributed by atoms with Crippen molar-refractivity contribution >= 4 is 24.7 Å². The normalized spacial score (nSPS) is 10.7. The van der Waals surface area contributed by atoms with Crippen LogP contribution in [0, 0.1) is 0 Å². The third-order valence-corrected chi connectivity index (χ3v) is 2.50. The van der Waals surface area contributed by atoms with Crippen molar-refractivity contribution < 1.29 is 9.53 Å². The smallest absolute Gasteiger partial charge is 0.310 e. The maximum Gasteiger partial charge on any atom is 0.310 e. The lowest BCUT2D eigenvalue weighted by Gasteiger charge is -2.02. The molecule has 0 spiro atoms. The number of carbonyl (C=O) groups excluding carboxylic acids is 1. The number of benzene rings is 1. The van der Waals surface area contributed by atoms with Crippen LogP contribution in [0.4, 0.5) is 0 Å². The summed E-state index contributed by atoms with van der Waals surface area (Å²) in [6.07, 6.45) is 5.46. The molecule has 0 heterocycles. The Kier molecular flexibility index (Phi) is 6.48. The van der Waals surface area contributed by atoms with Gasteiger partial charge in [0.2, 0.25) is 0 Å². The molecular weight excluding hydrogens is 232 g/mol. The van der Waals surface area contributed by atoms with Gasteiger partial charge in [0.05, 0.1) is 13.0 Å². The van der Waals surface area contributed by atoms with Crippen LogP contribution >= 0.6 is 12.6 Å². The van der Waals surface area contributed by atoms with Gasteiger partial charge in [0, 0.05) is 0 Å². The molecular formula is C14H18O2S. The van der Waals surface area contributed by atoms with Crippen molar-refractivity contribution in [3.8, 4) is 0 Å². The van der Waals surface area contributed by atoms with E-state index in [0.717, 1.165) is 23.3 Å². The van der Waals surface area contributed by atoms with Crippen LogP contribution in [0.5, 0.6) is 0 Å². The molecule has 0 aromatic heterocycles. The number of carbonyl (C=O) groups is 1. The van der Waals surface area contributed by atoms with Crippen molar-refractivity contribution in [3.05, 3.63) is 41.5 Å². The number of esters is 1. The number of hydrogen-bond donors (Lipinski definition) is 1. The second-order valence-electron chi connectivity index (χ2n) is 3.64. The highest BCUT2D eigenvalue weighted by Gasteiger charge is 2.02. The molecule has 0 radical (unpaired) electrons. The first kappa shape index (κ1) is 13.8. The molecule has 3 heteroatoms. The molecule has 1 rings (SSSR count). The minimum absolute atomic E-state index is 0.175. The molecule has 0 saturated carbocycles. The summed E-state index contributed by atoms with van der Waals surface area (Å²) >= 11 is 4.14. The summed E-state index contributed by atoms with van der Waals surface area (Å²) in [6, 6.07) is 7.92. The summed E-state index contributed by atoms with van der Waals surface area (Å²) in [5, 5.41) is 0. The quantitative estimate of drug-likeness (QED) is 0.620. The third-order valence-electron chi connectivity index (χ3n) is 2.24. The van der Waals surface area contributed by atoms with Gasteiger partial charge in [0.25, 0.3) is 0 Å². The van der Waals surface area contributed by atoms with Crippen molar-refractivity contribution in [2.45, 2.75) is 19.8 Å². The molecule has 0 aliphatic heterocycles. The van der Waals surface area contributed by atoms with Crippen molar-refractivity contribution in [1.82, 2.24) is 0 Å². The number of thiol groups is 1. The van der Waals surface area contributed by atoms with Crippen LogP contribution in [0.2, 0.25) is 0 Å². The summed E-state index contributed by atoms with van der Waals surface area (Å²) in [5.74, 6) is 0.683. The molecule has 1 aromatic rings. The molecule has 1 aromatic carbocycles. The van der Waals surface area contributed by atoms with Gasteiger partial charge < -0.3 is 4.74 Å². The monoisotopic (exact) mass is 250 g/mol. The molecule has 0 aliphatic rings. The predicted molar refractivity (Wildman–Crippen MR) is 74.3 cm³/mol. The zero-order valence-corrected chi connectivity index (χ0v) is 11.0. The molecule has 0 fully saturated rings. The topological polar surface area (TPSA) is 26.3 Å². The first-order valence-corrected chi connectivity index (χ1v) is 6.41. The van der Waals surface area contributed by atoms with Crippen LogP contribution in [-0.4, -0.2) is 18.3 Å². The summed E-state index contributed by atoms with van der Waals surface area (Å²) in [7, 11) is 0. The second-order valence-corrected chi connectivity index (χ2v) is 4.09. The molecule has 0 aliphatic carbocycles. The molecule has 0 unspecified atom stereocenters. The Balaban J connectivity index is 2.52. The fourth-order valence-corrected chi connectivity index (χ4v) is 1.57. The molecule has 0 bridgehead atoms. The van der Waals surface area contributed by atoms with Crippen LogP contribution in [0.25, 0.3) is 6.08 Å². The molecule has 2 nitrogen and oxygen atoms in total. The van der Waals surface area contributed by atoms with Crippen molar-refractivity contribution in [2.24, 2.45) is 0 Å². The Morgan fingerprint density at radius 1 is 1.35 bits per heavy atom. The Labute approximate surface area is 108 Å². The summed E-state index contributed by atoms with van der Waals surface area (Å²) in [5.41, 5.74) is 2.12. The summed E-state index contributed by atoms with van der Waals surface area (Å²) in [6.45, 7) is 2.25. The average Bonchev–Trinajstić information content (AvgIpc) is 2.32. The third kappa shape index (κ3) is 5.59. The largest absolute Gasteiger partial charge is 0.466 e. The molecule has 0 N–H and O–H groups in total. The number of allylic oxidation sites excluding steroid dienone is 1. The zero-order chi connectivity index (χ0) is 12.5. The lowest BCUT2D eigenvalue weighted by Crippen LogP contribution is -2.07. The van der Waals surface area contributed by atoms with E-state index in [1.165, 1.54) is 0 Å². The van der Waals surface area contributed by atoms with Crippen molar-refractivity contribution in [2.75, 3.05) is 12.4 Å². The van der Waals surface area contributed by atoms with E-state index in [1.807, 2.05) is 31.2 Å². The maximum atomic E-state index is 11.3. The van der Waals surface area contributed by atoms with E-state index >= 15 is 0 Å². The standard InChI is InChI=1S/C14H18O2S/c1-2-16-14(15)11-13-8-6-12(7-9-13)5-3-4-10-17/h3,5-9,17H,2,4,10-11H2,1H3. The lowest BCUT2D eigenvalue weighted by atomic mass is 10.1. The average molecular weight is 250 g/mol. The Hall–Kier alpha value is -1.22. The van der Waals surface area contributed by atoms with Crippen LogP contribution in [0.3, 0.4) is 0 Å². The minimum atomic E-state index is -0.175. The van der Waals surface area contributed by atoms with Gasteiger partial charge in [-0.2, -0.15) is 12.6 Å². The molecule has 17 heavy (non-hydrogen) atoms. The van der Waals surface area contributed by atoms with Crippen LogP contribution in [0.15, 0.2) is 30.3 Å². The molecule has 0 amide bonds. The van der Waals surface area contributed by atoms with Crippen LogP contribution < -0.4 is 0 Å². The van der Waals surface area contributed by atoms with E-state index in [9.17, 15) is 4.79 Å². The zero-order valence-electron chi connectivity index (χ0n) is 10.1. The SMILES string of the molecule is CCOC(=O)Cc1ccc(C=CCCS)cc1.